The Morgan fingerprint density at radius 1 is 1.18 bits per heavy atom. The van der Waals surface area contributed by atoms with E-state index >= 15 is 0 Å². The van der Waals surface area contributed by atoms with E-state index in [9.17, 15) is 8.42 Å². The van der Waals surface area contributed by atoms with Gasteiger partial charge in [0.1, 0.15) is 0 Å². The smallest absolute Gasteiger partial charge is 0.207 e. The number of rotatable bonds is 3. The topological polar surface area (TPSA) is 70.0 Å². The molecule has 17 heavy (non-hydrogen) atoms. The minimum atomic E-state index is -3.47. The minimum Gasteiger partial charge on any atom is -0.207 e. The van der Waals surface area contributed by atoms with E-state index in [1.807, 2.05) is 18.2 Å². The summed E-state index contributed by atoms with van der Waals surface area (Å²) in [7, 11) is -3.47. The normalized spacial score (nSPS) is 15.9. The van der Waals surface area contributed by atoms with Crippen LogP contribution >= 0.6 is 0 Å². The lowest BCUT2D eigenvalue weighted by atomic mass is 10.2. The Morgan fingerprint density at radius 2 is 1.76 bits per heavy atom. The monoisotopic (exact) mass is 248 g/mol. The van der Waals surface area contributed by atoms with Crippen molar-refractivity contribution in [3.05, 3.63) is 42.0 Å². The van der Waals surface area contributed by atoms with E-state index in [1.54, 1.807) is 0 Å². The highest BCUT2D eigenvalue weighted by molar-refractivity contribution is 7.89. The average molecular weight is 248 g/mol. The number of hydrogen-bond donors (Lipinski definition) is 1. The standard InChI is InChI=1S/C12H12N2O2S/c13-9-10-5-7-12(8-6-10)17(15,16)14-11-3-1-2-4-11/h1-2,5-8,11,14H,3-4H2. The molecule has 0 unspecified atom stereocenters. The predicted molar refractivity (Wildman–Crippen MR) is 63.6 cm³/mol. The van der Waals surface area contributed by atoms with Crippen LogP contribution in [-0.2, 0) is 10.0 Å². The zero-order valence-corrected chi connectivity index (χ0v) is 9.94. The van der Waals surface area contributed by atoms with Crippen molar-refractivity contribution < 1.29 is 8.42 Å². The SMILES string of the molecule is N#Cc1ccc(S(=O)(=O)NC2CC=CC2)cc1. The molecule has 0 bridgehead atoms. The van der Waals surface area contributed by atoms with Gasteiger partial charge in [0, 0.05) is 6.04 Å². The number of nitrogens with one attached hydrogen (secondary N) is 1. The summed E-state index contributed by atoms with van der Waals surface area (Å²) in [5.74, 6) is 0. The highest BCUT2D eigenvalue weighted by Gasteiger charge is 2.20. The van der Waals surface area contributed by atoms with Crippen molar-refractivity contribution in [3.63, 3.8) is 0 Å². The summed E-state index contributed by atoms with van der Waals surface area (Å²) in [6.07, 6.45) is 5.39. The summed E-state index contributed by atoms with van der Waals surface area (Å²) in [4.78, 5) is 0.198. The number of sulfonamides is 1. The van der Waals surface area contributed by atoms with Crippen molar-refractivity contribution in [2.45, 2.75) is 23.8 Å². The summed E-state index contributed by atoms with van der Waals surface area (Å²) < 4.78 is 26.6. The Labute approximate surface area is 101 Å². The van der Waals surface area contributed by atoms with E-state index in [0.717, 1.165) is 12.8 Å². The largest absolute Gasteiger partial charge is 0.240 e. The second-order valence-electron chi connectivity index (χ2n) is 3.90. The van der Waals surface area contributed by atoms with Crippen LogP contribution in [0.15, 0.2) is 41.3 Å². The maximum atomic E-state index is 12.0. The lowest BCUT2D eigenvalue weighted by Gasteiger charge is -2.12. The maximum absolute atomic E-state index is 12.0. The van der Waals surface area contributed by atoms with Gasteiger partial charge in [-0.25, -0.2) is 13.1 Å². The van der Waals surface area contributed by atoms with Crippen LogP contribution in [0.3, 0.4) is 0 Å². The first-order valence-corrected chi connectivity index (χ1v) is 6.77. The second-order valence-corrected chi connectivity index (χ2v) is 5.61. The van der Waals surface area contributed by atoms with Crippen LogP contribution in [0.1, 0.15) is 18.4 Å². The maximum Gasteiger partial charge on any atom is 0.240 e. The average Bonchev–Trinajstić information content (AvgIpc) is 2.81. The van der Waals surface area contributed by atoms with Crippen LogP contribution in [0.2, 0.25) is 0 Å². The minimum absolute atomic E-state index is 0.0457. The van der Waals surface area contributed by atoms with Crippen molar-refractivity contribution in [2.75, 3.05) is 0 Å². The Morgan fingerprint density at radius 3 is 2.29 bits per heavy atom. The molecular weight excluding hydrogens is 236 g/mol. The molecule has 1 aliphatic carbocycles. The molecule has 88 valence electrons. The van der Waals surface area contributed by atoms with Gasteiger partial charge >= 0.3 is 0 Å². The molecule has 5 heteroatoms. The lowest BCUT2D eigenvalue weighted by molar-refractivity contribution is 0.557. The van der Waals surface area contributed by atoms with Crippen LogP contribution in [-0.4, -0.2) is 14.5 Å². The number of hydrogen-bond acceptors (Lipinski definition) is 3. The summed E-state index contributed by atoms with van der Waals surface area (Å²) in [6.45, 7) is 0. The van der Waals surface area contributed by atoms with E-state index in [0.29, 0.717) is 5.56 Å². The molecular formula is C12H12N2O2S. The molecule has 0 aromatic heterocycles. The van der Waals surface area contributed by atoms with Gasteiger partial charge in [-0.2, -0.15) is 5.26 Å². The molecule has 0 atom stereocenters. The van der Waals surface area contributed by atoms with E-state index in [1.165, 1.54) is 24.3 Å². The number of benzene rings is 1. The van der Waals surface area contributed by atoms with E-state index in [4.69, 9.17) is 5.26 Å². The van der Waals surface area contributed by atoms with Crippen molar-refractivity contribution in [1.29, 1.82) is 5.26 Å². The highest BCUT2D eigenvalue weighted by atomic mass is 32.2. The zero-order valence-electron chi connectivity index (χ0n) is 9.13. The first-order chi connectivity index (χ1) is 8.12. The molecule has 0 saturated heterocycles. The van der Waals surface area contributed by atoms with Gasteiger partial charge in [0.15, 0.2) is 0 Å². The first-order valence-electron chi connectivity index (χ1n) is 5.29. The van der Waals surface area contributed by atoms with Gasteiger partial charge in [-0.3, -0.25) is 0 Å². The van der Waals surface area contributed by atoms with Crippen LogP contribution < -0.4 is 4.72 Å². The van der Waals surface area contributed by atoms with Crippen molar-refractivity contribution in [2.24, 2.45) is 0 Å². The molecule has 1 N–H and O–H groups in total. The third kappa shape index (κ3) is 2.73. The summed E-state index contributed by atoms with van der Waals surface area (Å²) in [5.41, 5.74) is 0.450. The zero-order chi connectivity index (χ0) is 12.3. The third-order valence-electron chi connectivity index (χ3n) is 2.62. The molecule has 1 aromatic rings. The van der Waals surface area contributed by atoms with Gasteiger partial charge in [0.25, 0.3) is 0 Å². The van der Waals surface area contributed by atoms with Crippen LogP contribution in [0.25, 0.3) is 0 Å². The lowest BCUT2D eigenvalue weighted by Crippen LogP contribution is -2.32. The van der Waals surface area contributed by atoms with E-state index in [-0.39, 0.29) is 10.9 Å². The Balaban J connectivity index is 2.16. The summed E-state index contributed by atoms with van der Waals surface area (Å²) in [6, 6.07) is 7.81. The van der Waals surface area contributed by atoms with Crippen molar-refractivity contribution >= 4 is 10.0 Å². The Kier molecular flexibility index (Phi) is 3.27. The van der Waals surface area contributed by atoms with Crippen LogP contribution in [0.5, 0.6) is 0 Å². The van der Waals surface area contributed by atoms with Gasteiger partial charge in [0.05, 0.1) is 16.5 Å². The van der Waals surface area contributed by atoms with E-state index in [2.05, 4.69) is 4.72 Å². The molecule has 0 radical (unpaired) electrons. The molecule has 1 aliphatic rings. The molecule has 0 spiro atoms. The van der Waals surface area contributed by atoms with Gasteiger partial charge in [0.2, 0.25) is 10.0 Å². The Bertz CT molecular complexity index is 560. The van der Waals surface area contributed by atoms with Crippen molar-refractivity contribution in [1.82, 2.24) is 4.72 Å². The fraction of sp³-hybridized carbons (Fsp3) is 0.250. The van der Waals surface area contributed by atoms with Crippen LogP contribution in [0, 0.1) is 11.3 Å². The molecule has 1 aromatic carbocycles. The fourth-order valence-electron chi connectivity index (χ4n) is 1.71. The molecule has 0 fully saturated rings. The first kappa shape index (κ1) is 11.8. The van der Waals surface area contributed by atoms with Gasteiger partial charge in [-0.1, -0.05) is 12.2 Å². The third-order valence-corrected chi connectivity index (χ3v) is 4.16. The number of nitriles is 1. The summed E-state index contributed by atoms with van der Waals surface area (Å²) >= 11 is 0. The molecule has 0 heterocycles. The Hall–Kier alpha value is -1.64. The fourth-order valence-corrected chi connectivity index (χ4v) is 2.97. The van der Waals surface area contributed by atoms with Gasteiger partial charge < -0.3 is 0 Å². The molecule has 0 aliphatic heterocycles. The quantitative estimate of drug-likeness (QED) is 0.825. The molecule has 4 nitrogen and oxygen atoms in total. The van der Waals surface area contributed by atoms with Crippen LogP contribution in [0.4, 0.5) is 0 Å². The highest BCUT2D eigenvalue weighted by Crippen LogP contribution is 2.15. The van der Waals surface area contributed by atoms with E-state index < -0.39 is 10.0 Å². The summed E-state index contributed by atoms with van der Waals surface area (Å²) in [5, 5.41) is 8.64. The van der Waals surface area contributed by atoms with Gasteiger partial charge in [-0.05, 0) is 37.1 Å². The van der Waals surface area contributed by atoms with Gasteiger partial charge in [-0.15, -0.1) is 0 Å². The van der Waals surface area contributed by atoms with Crippen molar-refractivity contribution in [3.8, 4) is 6.07 Å². The second kappa shape index (κ2) is 4.70. The molecule has 0 amide bonds. The molecule has 0 saturated carbocycles. The molecule has 2 rings (SSSR count). The predicted octanol–water partition coefficient (Wildman–Crippen LogP) is 1.56. The number of nitrogens with zero attached hydrogens (tertiary/aromatic N) is 1.